The third-order valence-corrected chi connectivity index (χ3v) is 6.60. The lowest BCUT2D eigenvalue weighted by atomic mass is 10.0. The predicted octanol–water partition coefficient (Wildman–Crippen LogP) is 6.26. The van der Waals surface area contributed by atoms with Crippen LogP contribution < -0.4 is 9.64 Å². The first-order valence-corrected chi connectivity index (χ1v) is 12.5. The predicted molar refractivity (Wildman–Crippen MR) is 132 cm³/mol. The van der Waals surface area contributed by atoms with Crippen LogP contribution in [-0.4, -0.2) is 45.9 Å². The molecule has 0 aliphatic carbocycles. The van der Waals surface area contributed by atoms with E-state index in [0.717, 1.165) is 37.1 Å². The van der Waals surface area contributed by atoms with Crippen molar-refractivity contribution in [2.24, 2.45) is 0 Å². The van der Waals surface area contributed by atoms with Gasteiger partial charge in [-0.1, -0.05) is 38.0 Å². The topological polar surface area (TPSA) is 50.6 Å². The van der Waals surface area contributed by atoms with Gasteiger partial charge in [0.2, 0.25) is 5.91 Å². The van der Waals surface area contributed by atoms with Crippen molar-refractivity contribution in [2.45, 2.75) is 57.9 Å². The molecule has 6 nitrogen and oxygen atoms in total. The average molecular weight is 555 g/mol. The Labute approximate surface area is 221 Å². The molecule has 210 valence electrons. The van der Waals surface area contributed by atoms with Crippen molar-refractivity contribution in [3.63, 3.8) is 0 Å². The molecule has 4 rings (SSSR count). The van der Waals surface area contributed by atoms with E-state index >= 15 is 0 Å². The van der Waals surface area contributed by atoms with E-state index < -0.39 is 23.9 Å². The number of benzene rings is 2. The number of aromatic nitrogens is 2. The molecule has 2 heterocycles. The fraction of sp³-hybridized carbons (Fsp3) is 0.407. The number of piperazine rings is 1. The van der Waals surface area contributed by atoms with Crippen LogP contribution in [0, 0.1) is 0 Å². The van der Waals surface area contributed by atoms with Gasteiger partial charge in [-0.3, -0.25) is 9.69 Å². The Hall–Kier alpha value is -3.54. The lowest BCUT2D eigenvalue weighted by molar-refractivity contribution is -0.274. The van der Waals surface area contributed by atoms with Gasteiger partial charge in [0.1, 0.15) is 5.75 Å². The molecule has 0 N–H and O–H groups in total. The quantitative estimate of drug-likeness (QED) is 0.293. The molecule has 1 aliphatic heterocycles. The van der Waals surface area contributed by atoms with Gasteiger partial charge >= 0.3 is 12.5 Å². The molecule has 1 aliphatic rings. The van der Waals surface area contributed by atoms with Crippen LogP contribution in [0.4, 0.5) is 32.0 Å². The molecule has 2 aromatic carbocycles. The summed E-state index contributed by atoms with van der Waals surface area (Å²) in [5.74, 6) is -0.659. The monoisotopic (exact) mass is 554 g/mol. The summed E-state index contributed by atoms with van der Waals surface area (Å²) in [5, 5.41) is 0. The number of imidazole rings is 1. The first-order valence-electron chi connectivity index (χ1n) is 12.5. The minimum Gasteiger partial charge on any atom is -0.406 e. The number of amides is 1. The van der Waals surface area contributed by atoms with Crippen LogP contribution in [0.3, 0.4) is 0 Å². The summed E-state index contributed by atoms with van der Waals surface area (Å²) in [6.07, 6.45) is -3.40. The number of ether oxygens (including phenoxy) is 1. The number of nitrogens with zero attached hydrogens (tertiary/aromatic N) is 4. The van der Waals surface area contributed by atoms with Crippen LogP contribution in [0.2, 0.25) is 0 Å². The van der Waals surface area contributed by atoms with Gasteiger partial charge in [0.15, 0.2) is 0 Å². The lowest BCUT2D eigenvalue weighted by Gasteiger charge is -2.41. The maximum atomic E-state index is 13.1. The normalized spacial score (nSPS) is 17.1. The van der Waals surface area contributed by atoms with Crippen LogP contribution in [0.1, 0.15) is 43.0 Å². The molecule has 1 atom stereocenters. The molecule has 0 unspecified atom stereocenters. The number of carbonyl (C=O) groups is 1. The first-order chi connectivity index (χ1) is 18.4. The smallest absolute Gasteiger partial charge is 0.406 e. The Kier molecular flexibility index (Phi) is 8.53. The second kappa shape index (κ2) is 11.7. The lowest BCUT2D eigenvalue weighted by Crippen LogP contribution is -2.56. The van der Waals surface area contributed by atoms with E-state index in [4.69, 9.17) is 0 Å². The number of anilines is 1. The van der Waals surface area contributed by atoms with Crippen LogP contribution in [-0.2, 0) is 24.1 Å². The number of hydrogen-bond donors (Lipinski definition) is 0. The third-order valence-electron chi connectivity index (χ3n) is 6.60. The maximum Gasteiger partial charge on any atom is 0.573 e. The van der Waals surface area contributed by atoms with Crippen LogP contribution in [0.15, 0.2) is 61.1 Å². The highest BCUT2D eigenvalue weighted by Crippen LogP contribution is 2.31. The van der Waals surface area contributed by atoms with E-state index in [0.29, 0.717) is 30.9 Å². The summed E-state index contributed by atoms with van der Waals surface area (Å²) in [6, 6.07) is 10.2. The molecule has 12 heteroatoms. The molecule has 1 aromatic heterocycles. The Morgan fingerprint density at radius 3 is 2.44 bits per heavy atom. The Morgan fingerprint density at radius 1 is 1.03 bits per heavy atom. The van der Waals surface area contributed by atoms with Crippen molar-refractivity contribution in [1.82, 2.24) is 14.5 Å². The highest BCUT2D eigenvalue weighted by atomic mass is 19.4. The van der Waals surface area contributed by atoms with Crippen molar-refractivity contribution >= 4 is 11.6 Å². The number of rotatable bonds is 9. The zero-order valence-corrected chi connectivity index (χ0v) is 21.2. The van der Waals surface area contributed by atoms with E-state index in [1.807, 2.05) is 16.4 Å². The van der Waals surface area contributed by atoms with Gasteiger partial charge < -0.3 is 14.2 Å². The standard InChI is InChI=1S/C27H28F6N4O2/c1-2-3-5-22-16-37(21-6-4-7-24(12-21)39-27(31,32)33)25(38)17-35(22)15-23-13-34-18-36(23)14-19-8-10-20(11-9-19)26(28,29)30/h4,6-13,18,22H,2-3,5,14-17H2,1H3/t22-/m0/s1. The molecule has 0 spiro atoms. The van der Waals surface area contributed by atoms with Gasteiger partial charge in [-0.25, -0.2) is 4.98 Å². The number of carbonyl (C=O) groups excluding carboxylic acids is 1. The molecule has 0 bridgehead atoms. The minimum atomic E-state index is -4.84. The fourth-order valence-electron chi connectivity index (χ4n) is 4.64. The number of alkyl halides is 6. The van der Waals surface area contributed by atoms with Crippen LogP contribution in [0.25, 0.3) is 0 Å². The zero-order chi connectivity index (χ0) is 28.2. The summed E-state index contributed by atoms with van der Waals surface area (Å²) in [7, 11) is 0. The van der Waals surface area contributed by atoms with Gasteiger partial charge in [0, 0.05) is 43.6 Å². The van der Waals surface area contributed by atoms with Gasteiger partial charge in [-0.05, 0) is 36.2 Å². The Bertz CT molecular complexity index is 1260. The Balaban J connectivity index is 1.49. The molecule has 39 heavy (non-hydrogen) atoms. The van der Waals surface area contributed by atoms with Crippen molar-refractivity contribution in [1.29, 1.82) is 0 Å². The molecule has 1 amide bonds. The van der Waals surface area contributed by atoms with Crippen molar-refractivity contribution in [2.75, 3.05) is 18.0 Å². The van der Waals surface area contributed by atoms with Gasteiger partial charge in [-0.2, -0.15) is 13.2 Å². The van der Waals surface area contributed by atoms with Gasteiger partial charge in [0.25, 0.3) is 0 Å². The summed E-state index contributed by atoms with van der Waals surface area (Å²) in [4.78, 5) is 20.9. The number of halogens is 6. The van der Waals surface area contributed by atoms with E-state index in [1.165, 1.54) is 35.2 Å². The molecule has 1 fully saturated rings. The van der Waals surface area contributed by atoms with Crippen LogP contribution in [0.5, 0.6) is 5.75 Å². The van der Waals surface area contributed by atoms with E-state index in [2.05, 4.69) is 9.72 Å². The minimum absolute atomic E-state index is 0.0458. The molecule has 1 saturated heterocycles. The van der Waals surface area contributed by atoms with E-state index in [-0.39, 0.29) is 18.5 Å². The third kappa shape index (κ3) is 7.53. The first kappa shape index (κ1) is 28.5. The van der Waals surface area contributed by atoms with Gasteiger partial charge in [0.05, 0.1) is 24.1 Å². The summed E-state index contributed by atoms with van der Waals surface area (Å²) < 4.78 is 82.6. The molecule has 0 radical (unpaired) electrons. The molecule has 0 saturated carbocycles. The summed E-state index contributed by atoms with van der Waals surface area (Å²) >= 11 is 0. The highest BCUT2D eigenvalue weighted by Gasteiger charge is 2.35. The van der Waals surface area contributed by atoms with E-state index in [9.17, 15) is 31.1 Å². The maximum absolute atomic E-state index is 13.1. The average Bonchev–Trinajstić information content (AvgIpc) is 3.28. The van der Waals surface area contributed by atoms with Crippen molar-refractivity contribution in [3.8, 4) is 5.75 Å². The molecular weight excluding hydrogens is 526 g/mol. The van der Waals surface area contributed by atoms with Crippen molar-refractivity contribution in [3.05, 3.63) is 77.9 Å². The Morgan fingerprint density at radius 2 is 1.77 bits per heavy atom. The zero-order valence-electron chi connectivity index (χ0n) is 21.2. The fourth-order valence-corrected chi connectivity index (χ4v) is 4.64. The van der Waals surface area contributed by atoms with Crippen LogP contribution >= 0.6 is 0 Å². The number of unbranched alkanes of at least 4 members (excludes halogenated alkanes) is 1. The highest BCUT2D eigenvalue weighted by molar-refractivity contribution is 5.95. The van der Waals surface area contributed by atoms with Crippen molar-refractivity contribution < 1.29 is 35.9 Å². The largest absolute Gasteiger partial charge is 0.573 e. The molecular formula is C27H28F6N4O2. The second-order valence-electron chi connectivity index (χ2n) is 9.46. The summed E-state index contributed by atoms with van der Waals surface area (Å²) in [6.45, 7) is 3.08. The molecule has 3 aromatic rings. The van der Waals surface area contributed by atoms with Gasteiger partial charge in [-0.15, -0.1) is 13.2 Å². The van der Waals surface area contributed by atoms with E-state index in [1.54, 1.807) is 18.6 Å². The number of hydrogen-bond acceptors (Lipinski definition) is 4. The SMILES string of the molecule is CCCC[C@H]1CN(c2cccc(OC(F)(F)F)c2)C(=O)CN1Cc1cncn1Cc1ccc(C(F)(F)F)cc1. The summed E-state index contributed by atoms with van der Waals surface area (Å²) in [5.41, 5.74) is 1.07. The second-order valence-corrected chi connectivity index (χ2v) is 9.46.